The number of aromatic amines is 1. The zero-order valence-electron chi connectivity index (χ0n) is 10.7. The van der Waals surface area contributed by atoms with Crippen molar-refractivity contribution in [1.82, 2.24) is 15.0 Å². The summed E-state index contributed by atoms with van der Waals surface area (Å²) in [6.07, 6.45) is 5.68. The van der Waals surface area contributed by atoms with Gasteiger partial charge in [-0.2, -0.15) is 5.26 Å². The molecular formula is C14H12N4OS. The molecule has 0 fully saturated rings. The fourth-order valence-corrected chi connectivity index (χ4v) is 3.09. The van der Waals surface area contributed by atoms with E-state index in [1.807, 2.05) is 6.07 Å². The van der Waals surface area contributed by atoms with Crippen LogP contribution in [0.15, 0.2) is 33.3 Å². The third-order valence-electron chi connectivity index (χ3n) is 3.23. The van der Waals surface area contributed by atoms with E-state index in [4.69, 9.17) is 0 Å². The van der Waals surface area contributed by atoms with Crippen LogP contribution < -0.4 is 5.56 Å². The maximum Gasteiger partial charge on any atom is 0.251 e. The smallest absolute Gasteiger partial charge is 0.251 e. The van der Waals surface area contributed by atoms with Gasteiger partial charge in [-0.25, -0.2) is 9.97 Å². The van der Waals surface area contributed by atoms with Gasteiger partial charge in [0.25, 0.3) is 5.56 Å². The minimum atomic E-state index is -0.209. The Morgan fingerprint density at radius 2 is 2.20 bits per heavy atom. The van der Waals surface area contributed by atoms with Crippen molar-refractivity contribution in [3.63, 3.8) is 0 Å². The normalized spacial score (nSPS) is 13.6. The Labute approximate surface area is 120 Å². The highest BCUT2D eigenvalue weighted by Crippen LogP contribution is 2.29. The zero-order valence-corrected chi connectivity index (χ0v) is 11.5. The Morgan fingerprint density at radius 3 is 3.00 bits per heavy atom. The van der Waals surface area contributed by atoms with E-state index < -0.39 is 0 Å². The number of fused-ring (bicyclic) bond motifs is 1. The lowest BCUT2D eigenvalue weighted by molar-refractivity contribution is 0.660. The molecule has 0 saturated carbocycles. The predicted octanol–water partition coefficient (Wildman–Crippen LogP) is 2.07. The number of pyridine rings is 1. The van der Waals surface area contributed by atoms with Crippen molar-refractivity contribution in [2.75, 3.05) is 0 Å². The number of nitrogens with one attached hydrogen (secondary N) is 1. The van der Waals surface area contributed by atoms with Crippen LogP contribution in [0.5, 0.6) is 0 Å². The van der Waals surface area contributed by atoms with Gasteiger partial charge < -0.3 is 4.98 Å². The molecule has 0 saturated heterocycles. The Bertz CT molecular complexity index is 748. The monoisotopic (exact) mass is 284 g/mol. The molecule has 0 radical (unpaired) electrons. The highest BCUT2D eigenvalue weighted by molar-refractivity contribution is 7.99. The Morgan fingerprint density at radius 1 is 1.35 bits per heavy atom. The molecule has 0 aliphatic heterocycles. The minimum absolute atomic E-state index is 0.209. The van der Waals surface area contributed by atoms with Gasteiger partial charge in [0.2, 0.25) is 0 Å². The SMILES string of the molecule is N#Cc1cc2c(nc1Sc1nccc(=O)[nH]1)CCCC2. The van der Waals surface area contributed by atoms with Crippen molar-refractivity contribution in [1.29, 1.82) is 5.26 Å². The van der Waals surface area contributed by atoms with E-state index in [0.29, 0.717) is 15.7 Å². The number of hydrogen-bond donors (Lipinski definition) is 1. The number of nitriles is 1. The first kappa shape index (κ1) is 12.9. The van der Waals surface area contributed by atoms with Crippen molar-refractivity contribution >= 4 is 11.8 Å². The summed E-state index contributed by atoms with van der Waals surface area (Å²) in [6.45, 7) is 0. The van der Waals surface area contributed by atoms with Crippen LogP contribution in [0, 0.1) is 11.3 Å². The summed E-state index contributed by atoms with van der Waals surface area (Å²) < 4.78 is 0. The molecule has 1 aliphatic carbocycles. The lowest BCUT2D eigenvalue weighted by Crippen LogP contribution is -2.08. The van der Waals surface area contributed by atoms with Crippen LogP contribution >= 0.6 is 11.8 Å². The summed E-state index contributed by atoms with van der Waals surface area (Å²) in [6, 6.07) is 5.46. The quantitative estimate of drug-likeness (QED) is 0.854. The van der Waals surface area contributed by atoms with Gasteiger partial charge in [0.05, 0.1) is 5.56 Å². The van der Waals surface area contributed by atoms with Crippen LogP contribution in [0.3, 0.4) is 0 Å². The van der Waals surface area contributed by atoms with Gasteiger partial charge in [-0.1, -0.05) is 0 Å². The van der Waals surface area contributed by atoms with Crippen molar-refractivity contribution < 1.29 is 0 Å². The zero-order chi connectivity index (χ0) is 13.9. The lowest BCUT2D eigenvalue weighted by Gasteiger charge is -2.16. The Hall–Kier alpha value is -2.13. The average molecular weight is 284 g/mol. The van der Waals surface area contributed by atoms with Gasteiger partial charge in [0.15, 0.2) is 5.16 Å². The second-order valence-electron chi connectivity index (χ2n) is 4.61. The van der Waals surface area contributed by atoms with Gasteiger partial charge in [-0.05, 0) is 49.1 Å². The van der Waals surface area contributed by atoms with Crippen LogP contribution in [-0.4, -0.2) is 15.0 Å². The maximum absolute atomic E-state index is 11.3. The van der Waals surface area contributed by atoms with E-state index >= 15 is 0 Å². The van der Waals surface area contributed by atoms with E-state index in [2.05, 4.69) is 21.0 Å². The highest BCUT2D eigenvalue weighted by Gasteiger charge is 2.16. The van der Waals surface area contributed by atoms with Crippen molar-refractivity contribution in [2.45, 2.75) is 35.9 Å². The molecule has 2 heterocycles. The minimum Gasteiger partial charge on any atom is -0.301 e. The summed E-state index contributed by atoms with van der Waals surface area (Å²) in [5.41, 5.74) is 2.57. The molecule has 6 heteroatoms. The third kappa shape index (κ3) is 2.58. The van der Waals surface area contributed by atoms with Crippen molar-refractivity contribution in [2.24, 2.45) is 0 Å². The lowest BCUT2D eigenvalue weighted by atomic mass is 9.95. The van der Waals surface area contributed by atoms with Gasteiger partial charge in [0, 0.05) is 18.0 Å². The molecule has 0 aromatic carbocycles. The van der Waals surface area contributed by atoms with Crippen LogP contribution in [0.25, 0.3) is 0 Å². The number of hydrogen-bond acceptors (Lipinski definition) is 5. The third-order valence-corrected chi connectivity index (χ3v) is 4.13. The molecule has 1 aliphatic rings. The number of H-pyrrole nitrogens is 1. The summed E-state index contributed by atoms with van der Waals surface area (Å²) in [5.74, 6) is 0. The summed E-state index contributed by atoms with van der Waals surface area (Å²) >= 11 is 1.23. The molecule has 2 aromatic rings. The van der Waals surface area contributed by atoms with Gasteiger partial charge in [-0.3, -0.25) is 4.79 Å². The molecule has 5 nitrogen and oxygen atoms in total. The van der Waals surface area contributed by atoms with E-state index in [-0.39, 0.29) is 5.56 Å². The first-order valence-corrected chi connectivity index (χ1v) is 7.24. The van der Waals surface area contributed by atoms with E-state index in [0.717, 1.165) is 31.4 Å². The fraction of sp³-hybridized carbons (Fsp3) is 0.286. The summed E-state index contributed by atoms with van der Waals surface area (Å²) in [7, 11) is 0. The molecule has 0 unspecified atom stereocenters. The number of rotatable bonds is 2. The van der Waals surface area contributed by atoms with Crippen LogP contribution in [0.2, 0.25) is 0 Å². The van der Waals surface area contributed by atoms with Crippen molar-refractivity contribution in [3.8, 4) is 6.07 Å². The molecule has 20 heavy (non-hydrogen) atoms. The molecule has 0 bridgehead atoms. The Balaban J connectivity index is 2.00. The molecule has 0 amide bonds. The topological polar surface area (TPSA) is 82.4 Å². The molecule has 1 N–H and O–H groups in total. The van der Waals surface area contributed by atoms with Gasteiger partial charge in [-0.15, -0.1) is 0 Å². The molecule has 0 spiro atoms. The molecule has 100 valence electrons. The molecule has 2 aromatic heterocycles. The van der Waals surface area contributed by atoms with E-state index in [1.165, 1.54) is 29.6 Å². The maximum atomic E-state index is 11.3. The summed E-state index contributed by atoms with van der Waals surface area (Å²) in [4.78, 5) is 22.6. The Kier molecular flexibility index (Phi) is 3.52. The molecule has 3 rings (SSSR count). The number of aryl methyl sites for hydroxylation is 2. The fourth-order valence-electron chi connectivity index (χ4n) is 2.27. The number of aromatic nitrogens is 3. The first-order valence-electron chi connectivity index (χ1n) is 6.42. The summed E-state index contributed by atoms with van der Waals surface area (Å²) in [5, 5.41) is 10.3. The second kappa shape index (κ2) is 5.47. The van der Waals surface area contributed by atoms with E-state index in [1.54, 1.807) is 0 Å². The van der Waals surface area contributed by atoms with Gasteiger partial charge in [0.1, 0.15) is 11.1 Å². The van der Waals surface area contributed by atoms with Crippen molar-refractivity contribution in [3.05, 3.63) is 45.5 Å². The average Bonchev–Trinajstić information content (AvgIpc) is 2.46. The highest BCUT2D eigenvalue weighted by atomic mass is 32.2. The van der Waals surface area contributed by atoms with Crippen LogP contribution in [0.1, 0.15) is 29.7 Å². The van der Waals surface area contributed by atoms with Crippen LogP contribution in [-0.2, 0) is 12.8 Å². The molecular weight excluding hydrogens is 272 g/mol. The van der Waals surface area contributed by atoms with Gasteiger partial charge >= 0.3 is 0 Å². The predicted molar refractivity (Wildman–Crippen MR) is 74.6 cm³/mol. The standard InChI is InChI=1S/C14H12N4OS/c15-8-10-7-9-3-1-2-4-11(9)17-13(10)20-14-16-6-5-12(19)18-14/h5-7H,1-4H2,(H,16,18,19). The van der Waals surface area contributed by atoms with Crippen LogP contribution in [0.4, 0.5) is 0 Å². The number of nitrogens with zero attached hydrogens (tertiary/aromatic N) is 3. The molecule has 0 atom stereocenters. The first-order chi connectivity index (χ1) is 9.76. The largest absolute Gasteiger partial charge is 0.301 e. The second-order valence-corrected chi connectivity index (χ2v) is 5.58. The van der Waals surface area contributed by atoms with E-state index in [9.17, 15) is 10.1 Å².